The minimum absolute atomic E-state index is 0.000790. The van der Waals surface area contributed by atoms with Gasteiger partial charge in [0.25, 0.3) is 5.56 Å². The summed E-state index contributed by atoms with van der Waals surface area (Å²) in [5.74, 6) is -3.54. The van der Waals surface area contributed by atoms with E-state index in [4.69, 9.17) is 20.9 Å². The number of ether oxygens (including phenoxy) is 2. The molecular weight excluding hydrogens is 416 g/mol. The van der Waals surface area contributed by atoms with E-state index in [0.717, 1.165) is 0 Å². The number of nitrogens with zero attached hydrogens (tertiary/aromatic N) is 3. The Kier molecular flexibility index (Phi) is 9.81. The molecule has 0 bridgehead atoms. The molecule has 14 nitrogen and oxygen atoms in total. The van der Waals surface area contributed by atoms with Gasteiger partial charge in [0.05, 0.1) is 24.9 Å². The fraction of sp³-hybridized carbons (Fsp3) is 0.412. The van der Waals surface area contributed by atoms with Gasteiger partial charge in [-0.05, 0) is 18.1 Å². The van der Waals surface area contributed by atoms with Crippen LogP contribution in [0.15, 0.2) is 23.3 Å². The molecule has 0 aromatic carbocycles. The molecular formula is C17H22N6O8-2. The van der Waals surface area contributed by atoms with E-state index in [0.29, 0.717) is 17.8 Å². The Bertz CT molecular complexity index is 980. The Hall–Kier alpha value is -3.78. The predicted octanol–water partition coefficient (Wildman–Crippen LogP) is -3.76. The highest BCUT2D eigenvalue weighted by Crippen LogP contribution is 2.06. The second kappa shape index (κ2) is 12.0. The summed E-state index contributed by atoms with van der Waals surface area (Å²) in [7, 11) is 0. The number of esters is 1. The number of fused-ring (bicyclic) bond motifs is 1. The molecule has 0 saturated heterocycles. The average molecular weight is 438 g/mol. The van der Waals surface area contributed by atoms with Gasteiger partial charge < -0.3 is 40.7 Å². The van der Waals surface area contributed by atoms with Crippen molar-refractivity contribution in [1.29, 1.82) is 0 Å². The first-order valence-corrected chi connectivity index (χ1v) is 8.83. The summed E-state index contributed by atoms with van der Waals surface area (Å²) < 4.78 is 11.9. The van der Waals surface area contributed by atoms with Crippen molar-refractivity contribution in [3.8, 4) is 0 Å². The van der Waals surface area contributed by atoms with Crippen LogP contribution >= 0.6 is 0 Å². The van der Waals surface area contributed by atoms with Crippen LogP contribution in [-0.2, 0) is 30.6 Å². The number of hydrogen-bond acceptors (Lipinski definition) is 12. The highest BCUT2D eigenvalue weighted by molar-refractivity contribution is 5.87. The summed E-state index contributed by atoms with van der Waals surface area (Å²) in [4.78, 5) is 52.3. The number of nitrogens with one attached hydrogen (secondary N) is 1. The van der Waals surface area contributed by atoms with Crippen LogP contribution < -0.4 is 27.2 Å². The van der Waals surface area contributed by atoms with Gasteiger partial charge in [0.15, 0.2) is 11.2 Å². The van der Waals surface area contributed by atoms with E-state index in [2.05, 4.69) is 15.0 Å². The number of carboxylic acids is 2. The molecule has 14 heteroatoms. The molecule has 0 amide bonds. The van der Waals surface area contributed by atoms with Crippen molar-refractivity contribution in [1.82, 2.24) is 19.5 Å². The Morgan fingerprint density at radius 3 is 2.39 bits per heavy atom. The molecule has 0 radical (unpaired) electrons. The summed E-state index contributed by atoms with van der Waals surface area (Å²) in [5, 5.41) is 18.8. The van der Waals surface area contributed by atoms with Crippen LogP contribution in [0.5, 0.6) is 0 Å². The number of carbonyl (C=O) groups is 3. The highest BCUT2D eigenvalue weighted by Gasteiger charge is 2.18. The van der Waals surface area contributed by atoms with E-state index < -0.39 is 29.5 Å². The molecule has 2 aromatic rings. The first-order valence-electron chi connectivity index (χ1n) is 8.83. The molecule has 0 saturated carbocycles. The second-order valence-electron chi connectivity index (χ2n) is 6.28. The van der Waals surface area contributed by atoms with E-state index in [1.54, 1.807) is 0 Å². The van der Waals surface area contributed by atoms with Crippen LogP contribution in [0.1, 0.15) is 13.8 Å². The molecule has 0 fully saturated rings. The Balaban J connectivity index is 0.000000512. The number of nitrogens with two attached hydrogens (primary N) is 2. The third kappa shape index (κ3) is 8.63. The van der Waals surface area contributed by atoms with Crippen LogP contribution in [0.25, 0.3) is 11.2 Å². The summed E-state index contributed by atoms with van der Waals surface area (Å²) >= 11 is 0. The molecule has 0 aliphatic carbocycles. The van der Waals surface area contributed by atoms with Gasteiger partial charge in [-0.25, -0.2) is 4.98 Å². The summed E-state index contributed by atoms with van der Waals surface area (Å²) in [6.45, 7) is 4.04. The van der Waals surface area contributed by atoms with Crippen LogP contribution in [0.3, 0.4) is 0 Å². The topological polar surface area (TPSA) is 231 Å². The van der Waals surface area contributed by atoms with Crippen molar-refractivity contribution in [2.45, 2.75) is 26.6 Å². The van der Waals surface area contributed by atoms with Crippen molar-refractivity contribution < 1.29 is 34.1 Å². The minimum Gasteiger partial charge on any atom is -0.545 e. The third-order valence-corrected chi connectivity index (χ3v) is 3.54. The van der Waals surface area contributed by atoms with Crippen LogP contribution in [0.2, 0.25) is 0 Å². The van der Waals surface area contributed by atoms with Gasteiger partial charge in [-0.2, -0.15) is 4.98 Å². The molecule has 5 N–H and O–H groups in total. The lowest BCUT2D eigenvalue weighted by Crippen LogP contribution is -2.37. The Labute approximate surface area is 175 Å². The molecule has 2 aromatic heterocycles. The van der Waals surface area contributed by atoms with Gasteiger partial charge in [0.2, 0.25) is 5.95 Å². The van der Waals surface area contributed by atoms with Crippen molar-refractivity contribution >= 4 is 35.0 Å². The summed E-state index contributed by atoms with van der Waals surface area (Å²) in [6.07, 6.45) is 2.19. The molecule has 170 valence electrons. The number of H-pyrrole nitrogens is 1. The monoisotopic (exact) mass is 438 g/mol. The fourth-order valence-corrected chi connectivity index (χ4v) is 1.93. The molecule has 0 aliphatic heterocycles. The maximum absolute atomic E-state index is 11.6. The number of carbonyl (C=O) groups excluding carboxylic acids is 3. The molecule has 0 spiro atoms. The number of imidazole rings is 1. The molecule has 0 aliphatic rings. The summed E-state index contributed by atoms with van der Waals surface area (Å²) in [5.41, 5.74) is 11.2. The standard InChI is InChI=1S/C13H20N6O4.C4H4O4/c1-7(2)8(14)12(21)23-4-3-22-6-19-5-16-9-10(19)17-13(15)18-11(9)20;5-3(6)1-2-4(7)8/h5,7-8H,3-4,6,14H2,1-2H3,(H3,15,17,18,20);1-2H,(H,5,6)(H,7,8)/p-2/b;2-1+/t8-;/m0./s1. The second-order valence-corrected chi connectivity index (χ2v) is 6.28. The van der Waals surface area contributed by atoms with Gasteiger partial charge in [-0.3, -0.25) is 19.1 Å². The van der Waals surface area contributed by atoms with Crippen molar-refractivity contribution in [3.63, 3.8) is 0 Å². The molecule has 0 unspecified atom stereocenters. The zero-order chi connectivity index (χ0) is 23.6. The van der Waals surface area contributed by atoms with Gasteiger partial charge in [-0.1, -0.05) is 13.8 Å². The number of nitrogen functional groups attached to an aromatic ring is 1. The number of anilines is 1. The number of hydrogen-bond donors (Lipinski definition) is 3. The van der Waals surface area contributed by atoms with Crippen LogP contribution in [0, 0.1) is 5.92 Å². The highest BCUT2D eigenvalue weighted by atomic mass is 16.6. The SMILES string of the molecule is CC(C)[C@H](N)C(=O)OCCOCn1cnc2c(=O)[nH]c(N)nc21.O=C([O-])/C=C/C(=O)[O-]. The number of aliphatic carboxylic acids is 2. The zero-order valence-corrected chi connectivity index (χ0v) is 16.8. The zero-order valence-electron chi connectivity index (χ0n) is 16.8. The van der Waals surface area contributed by atoms with E-state index in [1.165, 1.54) is 10.9 Å². The smallest absolute Gasteiger partial charge is 0.323 e. The van der Waals surface area contributed by atoms with Gasteiger partial charge in [-0.15, -0.1) is 0 Å². The van der Waals surface area contributed by atoms with Crippen LogP contribution in [0.4, 0.5) is 5.95 Å². The third-order valence-electron chi connectivity index (χ3n) is 3.54. The number of aromatic nitrogens is 4. The van der Waals surface area contributed by atoms with E-state index in [-0.39, 0.29) is 37.3 Å². The Morgan fingerprint density at radius 1 is 1.23 bits per heavy atom. The van der Waals surface area contributed by atoms with Crippen LogP contribution in [-0.4, -0.2) is 56.7 Å². The normalized spacial score (nSPS) is 11.9. The lowest BCUT2D eigenvalue weighted by molar-refractivity contribution is -0.301. The minimum atomic E-state index is -1.55. The largest absolute Gasteiger partial charge is 0.545 e. The summed E-state index contributed by atoms with van der Waals surface area (Å²) in [6, 6.07) is -0.647. The van der Waals surface area contributed by atoms with Gasteiger partial charge >= 0.3 is 5.97 Å². The maximum atomic E-state index is 11.6. The molecule has 1 atom stereocenters. The van der Waals surface area contributed by atoms with E-state index >= 15 is 0 Å². The first kappa shape index (κ1) is 25.3. The van der Waals surface area contributed by atoms with Gasteiger partial charge in [0.1, 0.15) is 19.4 Å². The number of rotatable bonds is 9. The molecule has 31 heavy (non-hydrogen) atoms. The number of aromatic amines is 1. The maximum Gasteiger partial charge on any atom is 0.323 e. The van der Waals surface area contributed by atoms with E-state index in [9.17, 15) is 29.4 Å². The lowest BCUT2D eigenvalue weighted by atomic mass is 10.1. The Morgan fingerprint density at radius 2 is 1.84 bits per heavy atom. The lowest BCUT2D eigenvalue weighted by Gasteiger charge is -2.14. The first-order chi connectivity index (χ1) is 14.5. The molecule has 2 rings (SSSR count). The quantitative estimate of drug-likeness (QED) is 0.195. The number of carboxylic acid groups (broad SMARTS) is 2. The van der Waals surface area contributed by atoms with Crippen molar-refractivity contribution in [2.24, 2.45) is 11.7 Å². The van der Waals surface area contributed by atoms with Crippen molar-refractivity contribution in [2.75, 3.05) is 18.9 Å². The fourth-order valence-electron chi connectivity index (χ4n) is 1.93. The van der Waals surface area contributed by atoms with E-state index in [1.807, 2.05) is 13.8 Å². The molecule has 2 heterocycles. The van der Waals surface area contributed by atoms with Gasteiger partial charge in [0, 0.05) is 0 Å². The van der Waals surface area contributed by atoms with Crippen molar-refractivity contribution in [3.05, 3.63) is 28.8 Å². The predicted molar refractivity (Wildman–Crippen MR) is 101 cm³/mol. The average Bonchev–Trinajstić information content (AvgIpc) is 3.08.